The van der Waals surface area contributed by atoms with Crippen LogP contribution in [0.25, 0.3) is 0 Å². The van der Waals surface area contributed by atoms with E-state index >= 15 is 0 Å². The number of carbonyl (C=O) groups excluding carboxylic acids is 1. The van der Waals surface area contributed by atoms with E-state index in [2.05, 4.69) is 19.2 Å². The van der Waals surface area contributed by atoms with Gasteiger partial charge in [-0.15, -0.1) is 0 Å². The fraction of sp³-hybridized carbons (Fsp3) is 0.973. The van der Waals surface area contributed by atoms with E-state index in [9.17, 15) is 44.9 Å². The van der Waals surface area contributed by atoms with Crippen LogP contribution in [-0.2, 0) is 18.4 Å². The summed E-state index contributed by atoms with van der Waals surface area (Å²) >= 11 is 0. The van der Waals surface area contributed by atoms with E-state index in [0.717, 1.165) is 38.5 Å². The summed E-state index contributed by atoms with van der Waals surface area (Å²) in [6.07, 6.45) is 14.4. The molecule has 9 atom stereocenters. The lowest BCUT2D eigenvalue weighted by Crippen LogP contribution is -2.64. The van der Waals surface area contributed by atoms with Crippen molar-refractivity contribution in [3.05, 3.63) is 0 Å². The van der Waals surface area contributed by atoms with Crippen molar-refractivity contribution in [2.24, 2.45) is 0 Å². The Labute approximate surface area is 302 Å². The molecular formula is C37H74NO11P. The Morgan fingerprint density at radius 2 is 0.960 bits per heavy atom. The van der Waals surface area contributed by atoms with Crippen LogP contribution in [0.5, 0.6) is 0 Å². The minimum absolute atomic E-state index is 0.241. The van der Waals surface area contributed by atoms with E-state index in [4.69, 9.17) is 9.05 Å². The smallest absolute Gasteiger partial charge is 0.391 e. The van der Waals surface area contributed by atoms with Crippen molar-refractivity contribution < 1.29 is 53.9 Å². The Morgan fingerprint density at radius 1 is 0.600 bits per heavy atom. The van der Waals surface area contributed by atoms with Gasteiger partial charge in [-0.3, -0.25) is 13.8 Å². The van der Waals surface area contributed by atoms with Crippen LogP contribution in [0.3, 0.4) is 0 Å². The molecule has 0 aliphatic heterocycles. The van der Waals surface area contributed by atoms with Gasteiger partial charge in [0.15, 0.2) is 0 Å². The first kappa shape index (κ1) is 47.4. The molecule has 1 saturated carbocycles. The number of phosphoric ester groups is 1. The maximum absolute atomic E-state index is 12.8. The van der Waals surface area contributed by atoms with Gasteiger partial charge in [-0.05, 0) is 12.8 Å². The number of amides is 1. The van der Waals surface area contributed by atoms with Gasteiger partial charge in [0.1, 0.15) is 36.6 Å². The van der Waals surface area contributed by atoms with E-state index in [1.807, 2.05) is 0 Å². The van der Waals surface area contributed by atoms with Crippen molar-refractivity contribution >= 4 is 13.7 Å². The molecule has 298 valence electrons. The van der Waals surface area contributed by atoms with E-state index in [0.29, 0.717) is 19.3 Å². The standard InChI is InChI=1S/C37H74NO11P/c1-3-5-7-9-11-13-15-17-18-20-22-24-26-30(39)29(38-31(40)27-25-23-21-19-16-14-12-10-8-6-4-2)28-48-50(46,47)49-37-35(44)33(42)32(41)34(43)36(37)45/h29-30,32-37,39,41-45H,3-28H2,1-2H3,(H,38,40)(H,46,47)/t29-,30+,32?,33+,34?,35?,36?,37?/m0/s1. The molecule has 1 rings (SSSR count). The van der Waals surface area contributed by atoms with Gasteiger partial charge in [0.05, 0.1) is 18.8 Å². The highest BCUT2D eigenvalue weighted by atomic mass is 31.2. The molecule has 1 aliphatic carbocycles. The first-order valence-corrected chi connectivity index (χ1v) is 21.5. The molecule has 1 aliphatic rings. The van der Waals surface area contributed by atoms with E-state index in [1.165, 1.54) is 96.3 Å². The second-order valence-corrected chi connectivity index (χ2v) is 15.9. The fourth-order valence-electron chi connectivity index (χ4n) is 6.55. The first-order valence-electron chi connectivity index (χ1n) is 20.0. The third kappa shape index (κ3) is 21.1. The Hall–Kier alpha value is -0.660. The van der Waals surface area contributed by atoms with Crippen molar-refractivity contribution in [3.8, 4) is 0 Å². The van der Waals surface area contributed by atoms with Gasteiger partial charge >= 0.3 is 7.82 Å². The van der Waals surface area contributed by atoms with Crippen molar-refractivity contribution in [2.75, 3.05) is 6.61 Å². The molecule has 12 nitrogen and oxygen atoms in total. The van der Waals surface area contributed by atoms with Crippen LogP contribution in [0, 0.1) is 0 Å². The molecule has 6 unspecified atom stereocenters. The topological polar surface area (TPSA) is 206 Å². The predicted octanol–water partition coefficient (Wildman–Crippen LogP) is 5.94. The summed E-state index contributed by atoms with van der Waals surface area (Å²) in [5, 5.41) is 63.8. The SMILES string of the molecule is CCCCCCCCCCCCCC[C@@H](O)[C@H](COP(=O)(O)OC1C(O)C(O)C(O)[C@@H](O)C1O)NC(=O)CCCCCCCCCCCCC. The first-order chi connectivity index (χ1) is 23.9. The van der Waals surface area contributed by atoms with Crippen LogP contribution in [0.4, 0.5) is 0 Å². The number of carbonyl (C=O) groups is 1. The lowest BCUT2D eigenvalue weighted by atomic mass is 9.85. The predicted molar refractivity (Wildman–Crippen MR) is 195 cm³/mol. The van der Waals surface area contributed by atoms with Crippen LogP contribution in [-0.4, -0.2) is 96.8 Å². The summed E-state index contributed by atoms with van der Waals surface area (Å²) in [6.45, 7) is 3.84. The maximum Gasteiger partial charge on any atom is 0.472 e. The highest BCUT2D eigenvalue weighted by Gasteiger charge is 2.51. The molecule has 0 bridgehead atoms. The van der Waals surface area contributed by atoms with Crippen molar-refractivity contribution in [2.45, 2.75) is 223 Å². The monoisotopic (exact) mass is 739 g/mol. The molecule has 0 radical (unpaired) electrons. The van der Waals surface area contributed by atoms with Gasteiger partial charge in [0.25, 0.3) is 0 Å². The second-order valence-electron chi connectivity index (χ2n) is 14.5. The Morgan fingerprint density at radius 3 is 1.38 bits per heavy atom. The number of aliphatic hydroxyl groups excluding tert-OH is 6. The maximum atomic E-state index is 12.8. The van der Waals surface area contributed by atoms with Gasteiger partial charge in [0.2, 0.25) is 5.91 Å². The number of hydrogen-bond acceptors (Lipinski definition) is 10. The third-order valence-electron chi connectivity index (χ3n) is 9.92. The number of nitrogens with one attached hydrogen (secondary N) is 1. The Balaban J connectivity index is 2.56. The van der Waals surface area contributed by atoms with Crippen LogP contribution < -0.4 is 5.32 Å². The summed E-state index contributed by atoms with van der Waals surface area (Å²) in [5.74, 6) is -0.310. The van der Waals surface area contributed by atoms with Crippen LogP contribution in [0.1, 0.15) is 174 Å². The largest absolute Gasteiger partial charge is 0.472 e. The number of aliphatic hydroxyl groups is 6. The molecule has 8 N–H and O–H groups in total. The third-order valence-corrected chi connectivity index (χ3v) is 10.9. The van der Waals surface area contributed by atoms with Gasteiger partial charge in [-0.25, -0.2) is 4.57 Å². The molecule has 0 aromatic heterocycles. The van der Waals surface area contributed by atoms with E-state index in [-0.39, 0.29) is 12.3 Å². The lowest BCUT2D eigenvalue weighted by Gasteiger charge is -2.41. The van der Waals surface area contributed by atoms with Gasteiger partial charge in [-0.1, -0.05) is 155 Å². The number of hydrogen-bond donors (Lipinski definition) is 8. The van der Waals surface area contributed by atoms with Crippen molar-refractivity contribution in [1.29, 1.82) is 0 Å². The average molecular weight is 740 g/mol. The summed E-state index contributed by atoms with van der Waals surface area (Å²) < 4.78 is 22.8. The fourth-order valence-corrected chi connectivity index (χ4v) is 7.52. The Kier molecular flexibility index (Phi) is 27.3. The molecule has 0 saturated heterocycles. The quantitative estimate of drug-likeness (QED) is 0.0299. The molecule has 13 heteroatoms. The minimum Gasteiger partial charge on any atom is -0.391 e. The zero-order chi connectivity index (χ0) is 37.2. The highest BCUT2D eigenvalue weighted by Crippen LogP contribution is 2.47. The van der Waals surface area contributed by atoms with Crippen LogP contribution >= 0.6 is 7.82 Å². The molecular weight excluding hydrogens is 665 g/mol. The van der Waals surface area contributed by atoms with E-state index < -0.39 is 63.2 Å². The van der Waals surface area contributed by atoms with Gasteiger partial charge in [-0.2, -0.15) is 0 Å². The number of phosphoric acid groups is 1. The van der Waals surface area contributed by atoms with E-state index in [1.54, 1.807) is 0 Å². The Bertz CT molecular complexity index is 868. The molecule has 0 spiro atoms. The highest BCUT2D eigenvalue weighted by molar-refractivity contribution is 7.47. The van der Waals surface area contributed by atoms with Gasteiger partial charge < -0.3 is 40.8 Å². The zero-order valence-corrected chi connectivity index (χ0v) is 32.1. The minimum atomic E-state index is -5.04. The summed E-state index contributed by atoms with van der Waals surface area (Å²) in [4.78, 5) is 23.2. The summed E-state index contributed by atoms with van der Waals surface area (Å²) in [6, 6.07) is -1.02. The molecule has 0 aromatic carbocycles. The lowest BCUT2D eigenvalue weighted by molar-refractivity contribution is -0.220. The molecule has 0 heterocycles. The van der Waals surface area contributed by atoms with Crippen LogP contribution in [0.2, 0.25) is 0 Å². The molecule has 0 aromatic rings. The van der Waals surface area contributed by atoms with Gasteiger partial charge in [0, 0.05) is 6.42 Å². The normalized spacial score (nSPS) is 24.9. The van der Waals surface area contributed by atoms with Crippen molar-refractivity contribution in [1.82, 2.24) is 5.32 Å². The van der Waals surface area contributed by atoms with Crippen LogP contribution in [0.15, 0.2) is 0 Å². The number of unbranched alkanes of at least 4 members (excludes halogenated alkanes) is 21. The molecule has 1 amide bonds. The molecule has 50 heavy (non-hydrogen) atoms. The molecule has 1 fully saturated rings. The second kappa shape index (κ2) is 28.8. The zero-order valence-electron chi connectivity index (χ0n) is 31.2. The number of rotatable bonds is 32. The van der Waals surface area contributed by atoms with Crippen molar-refractivity contribution in [3.63, 3.8) is 0 Å². The summed E-state index contributed by atoms with van der Waals surface area (Å²) in [7, 11) is -5.04. The summed E-state index contributed by atoms with van der Waals surface area (Å²) in [5.41, 5.74) is 0. The average Bonchev–Trinajstić information content (AvgIpc) is 3.09.